The minimum atomic E-state index is 0.163. The van der Waals surface area contributed by atoms with Crippen LogP contribution in [0.5, 0.6) is 0 Å². The highest BCUT2D eigenvalue weighted by molar-refractivity contribution is 5.88. The Balaban J connectivity index is 0.00000106. The smallest absolute Gasteiger partial charge is 0.246 e. The number of likely N-dealkylation sites (tertiary alicyclic amines) is 1. The van der Waals surface area contributed by atoms with Gasteiger partial charge in [-0.3, -0.25) is 4.79 Å². The summed E-state index contributed by atoms with van der Waals surface area (Å²) in [6.07, 6.45) is 4.79. The van der Waals surface area contributed by atoms with Crippen molar-refractivity contribution >= 4 is 5.91 Å². The van der Waals surface area contributed by atoms with Crippen LogP contribution >= 0.6 is 0 Å². The SMILES string of the molecule is CC.CCC1CN(C(=O)/C=C/CN(C)C)C1. The van der Waals surface area contributed by atoms with Crippen LogP contribution in [0.25, 0.3) is 0 Å². The van der Waals surface area contributed by atoms with E-state index in [1.807, 2.05) is 43.8 Å². The van der Waals surface area contributed by atoms with Crippen LogP contribution in [-0.2, 0) is 4.79 Å². The molecule has 0 bridgehead atoms. The lowest BCUT2D eigenvalue weighted by atomic mass is 9.97. The molecule has 1 aliphatic heterocycles. The zero-order chi connectivity index (χ0) is 12.6. The Labute approximate surface area is 100 Å². The molecular weight excluding hydrogens is 200 g/mol. The Hall–Kier alpha value is -0.830. The first-order valence-electron chi connectivity index (χ1n) is 6.23. The van der Waals surface area contributed by atoms with Crippen molar-refractivity contribution in [3.63, 3.8) is 0 Å². The highest BCUT2D eigenvalue weighted by Crippen LogP contribution is 2.18. The third kappa shape index (κ3) is 5.31. The van der Waals surface area contributed by atoms with E-state index in [9.17, 15) is 4.79 Å². The van der Waals surface area contributed by atoms with E-state index in [0.29, 0.717) is 0 Å². The molecule has 0 N–H and O–H groups in total. The molecule has 0 aromatic heterocycles. The lowest BCUT2D eigenvalue weighted by Gasteiger charge is -2.38. The zero-order valence-corrected chi connectivity index (χ0v) is 11.4. The molecule has 0 atom stereocenters. The largest absolute Gasteiger partial charge is 0.338 e. The molecule has 0 aromatic rings. The first-order valence-corrected chi connectivity index (χ1v) is 6.23. The Kier molecular flexibility index (Phi) is 7.90. The standard InChI is InChI=1S/C11H20N2O.C2H6/c1-4-10-8-13(9-10)11(14)6-5-7-12(2)3;1-2/h5-6,10H,4,7-9H2,1-3H3;1-2H3/b6-5+;. The molecule has 0 aliphatic carbocycles. The molecule has 1 fully saturated rings. The predicted octanol–water partition coefficient (Wildman–Crippen LogP) is 2.00. The summed E-state index contributed by atoms with van der Waals surface area (Å²) < 4.78 is 0. The molecule has 1 heterocycles. The van der Waals surface area contributed by atoms with Gasteiger partial charge in [0.15, 0.2) is 0 Å². The number of carbonyl (C=O) groups excluding carboxylic acids is 1. The van der Waals surface area contributed by atoms with Crippen molar-refractivity contribution in [2.75, 3.05) is 33.7 Å². The van der Waals surface area contributed by atoms with E-state index in [4.69, 9.17) is 0 Å². The second-order valence-corrected chi connectivity index (χ2v) is 4.18. The van der Waals surface area contributed by atoms with E-state index >= 15 is 0 Å². The van der Waals surface area contributed by atoms with Gasteiger partial charge in [-0.25, -0.2) is 0 Å². The van der Waals surface area contributed by atoms with Crippen molar-refractivity contribution in [2.24, 2.45) is 5.92 Å². The molecule has 1 saturated heterocycles. The number of likely N-dealkylation sites (N-methyl/N-ethyl adjacent to an activating group) is 1. The molecule has 94 valence electrons. The average molecular weight is 226 g/mol. The van der Waals surface area contributed by atoms with Crippen molar-refractivity contribution < 1.29 is 4.79 Å². The zero-order valence-electron chi connectivity index (χ0n) is 11.4. The van der Waals surface area contributed by atoms with E-state index in [2.05, 4.69) is 6.92 Å². The summed E-state index contributed by atoms with van der Waals surface area (Å²) in [7, 11) is 3.98. The van der Waals surface area contributed by atoms with Gasteiger partial charge in [-0.1, -0.05) is 26.8 Å². The molecule has 3 heteroatoms. The molecular formula is C13H26N2O. The van der Waals surface area contributed by atoms with E-state index < -0.39 is 0 Å². The third-order valence-corrected chi connectivity index (χ3v) is 2.58. The molecule has 1 rings (SSSR count). The van der Waals surface area contributed by atoms with Gasteiger partial charge in [0.1, 0.15) is 0 Å². The molecule has 1 aliphatic rings. The van der Waals surface area contributed by atoms with E-state index in [1.54, 1.807) is 6.08 Å². The van der Waals surface area contributed by atoms with Gasteiger partial charge in [-0.05, 0) is 26.4 Å². The van der Waals surface area contributed by atoms with Gasteiger partial charge >= 0.3 is 0 Å². The summed E-state index contributed by atoms with van der Waals surface area (Å²) in [4.78, 5) is 15.4. The van der Waals surface area contributed by atoms with Gasteiger partial charge in [0.25, 0.3) is 0 Å². The van der Waals surface area contributed by atoms with Gasteiger partial charge in [-0.15, -0.1) is 0 Å². The van der Waals surface area contributed by atoms with E-state index in [0.717, 1.165) is 25.6 Å². The normalized spacial score (nSPS) is 16.0. The highest BCUT2D eigenvalue weighted by Gasteiger charge is 2.27. The number of carbonyl (C=O) groups is 1. The van der Waals surface area contributed by atoms with Crippen molar-refractivity contribution in [1.29, 1.82) is 0 Å². The number of hydrogen-bond donors (Lipinski definition) is 0. The predicted molar refractivity (Wildman–Crippen MR) is 69.4 cm³/mol. The van der Waals surface area contributed by atoms with Gasteiger partial charge in [-0.2, -0.15) is 0 Å². The Morgan fingerprint density at radius 1 is 1.38 bits per heavy atom. The molecule has 0 aromatic carbocycles. The molecule has 0 saturated carbocycles. The molecule has 0 spiro atoms. The topological polar surface area (TPSA) is 23.6 Å². The lowest BCUT2D eigenvalue weighted by Crippen LogP contribution is -2.49. The monoisotopic (exact) mass is 226 g/mol. The van der Waals surface area contributed by atoms with Crippen LogP contribution < -0.4 is 0 Å². The van der Waals surface area contributed by atoms with Crippen LogP contribution in [0, 0.1) is 5.92 Å². The van der Waals surface area contributed by atoms with Crippen LogP contribution in [0.15, 0.2) is 12.2 Å². The van der Waals surface area contributed by atoms with Crippen LogP contribution in [-0.4, -0.2) is 49.4 Å². The van der Waals surface area contributed by atoms with Crippen molar-refractivity contribution in [1.82, 2.24) is 9.80 Å². The summed E-state index contributed by atoms with van der Waals surface area (Å²) in [5.41, 5.74) is 0. The van der Waals surface area contributed by atoms with Gasteiger partial charge in [0.05, 0.1) is 0 Å². The molecule has 0 unspecified atom stereocenters. The van der Waals surface area contributed by atoms with Crippen LogP contribution in [0.2, 0.25) is 0 Å². The second kappa shape index (κ2) is 8.34. The Bertz CT molecular complexity index is 218. The van der Waals surface area contributed by atoms with Crippen LogP contribution in [0.4, 0.5) is 0 Å². The fourth-order valence-corrected chi connectivity index (χ4v) is 1.48. The number of hydrogen-bond acceptors (Lipinski definition) is 2. The third-order valence-electron chi connectivity index (χ3n) is 2.58. The van der Waals surface area contributed by atoms with Gasteiger partial charge in [0, 0.05) is 25.7 Å². The minimum Gasteiger partial charge on any atom is -0.338 e. The van der Waals surface area contributed by atoms with E-state index in [1.165, 1.54) is 6.42 Å². The minimum absolute atomic E-state index is 0.163. The van der Waals surface area contributed by atoms with Crippen molar-refractivity contribution in [3.05, 3.63) is 12.2 Å². The maximum absolute atomic E-state index is 11.5. The average Bonchev–Trinajstić information content (AvgIpc) is 2.18. The molecule has 3 nitrogen and oxygen atoms in total. The fraction of sp³-hybridized carbons (Fsp3) is 0.769. The Morgan fingerprint density at radius 3 is 2.38 bits per heavy atom. The molecule has 0 radical (unpaired) electrons. The Morgan fingerprint density at radius 2 is 1.94 bits per heavy atom. The summed E-state index contributed by atoms with van der Waals surface area (Å²) >= 11 is 0. The van der Waals surface area contributed by atoms with Gasteiger partial charge < -0.3 is 9.80 Å². The number of amides is 1. The lowest BCUT2D eigenvalue weighted by molar-refractivity contribution is -0.132. The summed E-state index contributed by atoms with van der Waals surface area (Å²) in [5.74, 6) is 0.901. The maximum atomic E-state index is 11.5. The van der Waals surface area contributed by atoms with Gasteiger partial charge in [0.2, 0.25) is 5.91 Å². The van der Waals surface area contributed by atoms with Crippen LogP contribution in [0.1, 0.15) is 27.2 Å². The number of rotatable bonds is 4. The quantitative estimate of drug-likeness (QED) is 0.685. The summed E-state index contributed by atoms with van der Waals surface area (Å²) in [5, 5.41) is 0. The van der Waals surface area contributed by atoms with E-state index in [-0.39, 0.29) is 5.91 Å². The highest BCUT2D eigenvalue weighted by atomic mass is 16.2. The fourth-order valence-electron chi connectivity index (χ4n) is 1.48. The molecule has 16 heavy (non-hydrogen) atoms. The summed E-state index contributed by atoms with van der Waals surface area (Å²) in [6, 6.07) is 0. The summed E-state index contributed by atoms with van der Waals surface area (Å²) in [6.45, 7) is 8.90. The second-order valence-electron chi connectivity index (χ2n) is 4.18. The first kappa shape index (κ1) is 15.2. The number of nitrogens with zero attached hydrogens (tertiary/aromatic N) is 2. The maximum Gasteiger partial charge on any atom is 0.246 e. The molecule has 1 amide bonds. The first-order chi connectivity index (χ1) is 7.63. The van der Waals surface area contributed by atoms with Crippen molar-refractivity contribution in [2.45, 2.75) is 27.2 Å². The van der Waals surface area contributed by atoms with Crippen LogP contribution in [0.3, 0.4) is 0 Å². The van der Waals surface area contributed by atoms with Crippen molar-refractivity contribution in [3.8, 4) is 0 Å².